The van der Waals surface area contributed by atoms with Crippen LogP contribution in [0.5, 0.6) is 0 Å². The number of rotatable bonds is 7. The Kier molecular flexibility index (Phi) is 4.25. The predicted molar refractivity (Wildman–Crippen MR) is 76.0 cm³/mol. The van der Waals surface area contributed by atoms with Crippen LogP contribution in [0.15, 0.2) is 36.9 Å². The summed E-state index contributed by atoms with van der Waals surface area (Å²) < 4.78 is 26.2. The summed E-state index contributed by atoms with van der Waals surface area (Å²) in [5.41, 5.74) is 0.737. The van der Waals surface area contributed by atoms with Gasteiger partial charge in [0.1, 0.15) is 0 Å². The molecule has 1 aliphatic rings. The van der Waals surface area contributed by atoms with Gasteiger partial charge in [0.05, 0.1) is 11.3 Å². The summed E-state index contributed by atoms with van der Waals surface area (Å²) in [6, 6.07) is 6.01. The van der Waals surface area contributed by atoms with E-state index in [4.69, 9.17) is 5.11 Å². The van der Waals surface area contributed by atoms with Crippen LogP contribution in [0.2, 0.25) is 0 Å². The molecule has 1 N–H and O–H groups in total. The molecular formula is C14H17NO4S. The molecule has 0 unspecified atom stereocenters. The highest BCUT2D eigenvalue weighted by molar-refractivity contribution is 7.88. The van der Waals surface area contributed by atoms with Gasteiger partial charge in [-0.1, -0.05) is 18.2 Å². The maximum absolute atomic E-state index is 12.4. The molecule has 0 saturated heterocycles. The quantitative estimate of drug-likeness (QED) is 0.779. The van der Waals surface area contributed by atoms with Gasteiger partial charge in [-0.25, -0.2) is 13.2 Å². The molecule has 0 radical (unpaired) electrons. The van der Waals surface area contributed by atoms with Crippen LogP contribution in [0.3, 0.4) is 0 Å². The molecule has 5 nitrogen and oxygen atoms in total. The Labute approximate surface area is 118 Å². The third-order valence-corrected chi connectivity index (χ3v) is 5.03. The molecule has 1 saturated carbocycles. The highest BCUT2D eigenvalue weighted by Gasteiger charge is 2.36. The summed E-state index contributed by atoms with van der Waals surface area (Å²) in [4.78, 5) is 10.8. The monoisotopic (exact) mass is 295 g/mol. The summed E-state index contributed by atoms with van der Waals surface area (Å²) in [5, 5.41) is 8.81. The van der Waals surface area contributed by atoms with Crippen LogP contribution in [0.1, 0.15) is 28.8 Å². The molecule has 20 heavy (non-hydrogen) atoms. The standard InChI is InChI=1S/C14H17NO4S/c1-2-9-15(13-7-8-13)20(18,19)10-11-3-5-12(6-4-11)14(16)17/h2-6,13H,1,7-10H2,(H,16,17). The lowest BCUT2D eigenvalue weighted by Crippen LogP contribution is -2.34. The molecule has 1 aliphatic carbocycles. The molecule has 0 spiro atoms. The Balaban J connectivity index is 2.14. The minimum absolute atomic E-state index is 0.0938. The number of carboxylic acid groups (broad SMARTS) is 1. The van der Waals surface area contributed by atoms with Crippen molar-refractivity contribution in [2.75, 3.05) is 6.54 Å². The van der Waals surface area contributed by atoms with E-state index in [2.05, 4.69) is 6.58 Å². The van der Waals surface area contributed by atoms with E-state index in [1.807, 2.05) is 0 Å². The largest absolute Gasteiger partial charge is 0.478 e. The summed E-state index contributed by atoms with van der Waals surface area (Å²) >= 11 is 0. The molecule has 1 aromatic carbocycles. The van der Waals surface area contributed by atoms with E-state index in [0.29, 0.717) is 12.1 Å². The van der Waals surface area contributed by atoms with Crippen molar-refractivity contribution in [3.05, 3.63) is 48.0 Å². The van der Waals surface area contributed by atoms with Crippen LogP contribution >= 0.6 is 0 Å². The predicted octanol–water partition coefficient (Wildman–Crippen LogP) is 1.87. The summed E-state index contributed by atoms with van der Waals surface area (Å²) in [7, 11) is -3.39. The van der Waals surface area contributed by atoms with Crippen molar-refractivity contribution in [2.45, 2.75) is 24.6 Å². The maximum atomic E-state index is 12.4. The first kappa shape index (κ1) is 14.7. The molecule has 1 fully saturated rings. The van der Waals surface area contributed by atoms with E-state index in [9.17, 15) is 13.2 Å². The number of hydrogen-bond acceptors (Lipinski definition) is 3. The Morgan fingerprint density at radius 1 is 1.35 bits per heavy atom. The van der Waals surface area contributed by atoms with Crippen LogP contribution in [-0.2, 0) is 15.8 Å². The molecule has 0 heterocycles. The Morgan fingerprint density at radius 3 is 2.40 bits per heavy atom. The number of aromatic carboxylic acids is 1. The smallest absolute Gasteiger partial charge is 0.335 e. The lowest BCUT2D eigenvalue weighted by Gasteiger charge is -2.20. The molecule has 0 aromatic heterocycles. The molecule has 108 valence electrons. The second-order valence-electron chi connectivity index (χ2n) is 4.85. The van der Waals surface area contributed by atoms with Gasteiger partial charge in [-0.3, -0.25) is 0 Å². The average molecular weight is 295 g/mol. The van der Waals surface area contributed by atoms with E-state index >= 15 is 0 Å². The Bertz CT molecular complexity index is 603. The highest BCUT2D eigenvalue weighted by Crippen LogP contribution is 2.30. The van der Waals surface area contributed by atoms with Gasteiger partial charge >= 0.3 is 5.97 Å². The zero-order chi connectivity index (χ0) is 14.8. The van der Waals surface area contributed by atoms with Crippen molar-refractivity contribution in [2.24, 2.45) is 0 Å². The number of carbonyl (C=O) groups is 1. The SMILES string of the molecule is C=CCN(C1CC1)S(=O)(=O)Cc1ccc(C(=O)O)cc1. The first-order chi connectivity index (χ1) is 9.44. The van der Waals surface area contributed by atoms with Crippen LogP contribution in [-0.4, -0.2) is 36.4 Å². The fourth-order valence-corrected chi connectivity index (χ4v) is 3.79. The Hall–Kier alpha value is -1.66. The number of carboxylic acids is 1. The van der Waals surface area contributed by atoms with Gasteiger partial charge in [0.15, 0.2) is 0 Å². The summed E-state index contributed by atoms with van der Waals surface area (Å²) in [6.07, 6.45) is 3.37. The minimum Gasteiger partial charge on any atom is -0.478 e. The average Bonchev–Trinajstić information content (AvgIpc) is 3.20. The molecule has 0 amide bonds. The van der Waals surface area contributed by atoms with Crippen molar-refractivity contribution < 1.29 is 18.3 Å². The normalized spacial score (nSPS) is 15.2. The van der Waals surface area contributed by atoms with Gasteiger partial charge in [0, 0.05) is 12.6 Å². The van der Waals surface area contributed by atoms with Crippen LogP contribution in [0.4, 0.5) is 0 Å². The number of hydrogen-bond donors (Lipinski definition) is 1. The number of sulfonamides is 1. The second-order valence-corrected chi connectivity index (χ2v) is 6.77. The van der Waals surface area contributed by atoms with Gasteiger partial charge in [-0.2, -0.15) is 4.31 Å². The fourth-order valence-electron chi connectivity index (χ4n) is 2.02. The lowest BCUT2D eigenvalue weighted by molar-refractivity contribution is 0.0697. The third-order valence-electron chi connectivity index (χ3n) is 3.17. The maximum Gasteiger partial charge on any atom is 0.335 e. The summed E-state index contributed by atoms with van der Waals surface area (Å²) in [6.45, 7) is 3.91. The molecule has 0 bridgehead atoms. The summed E-state index contributed by atoms with van der Waals surface area (Å²) in [5.74, 6) is -1.14. The van der Waals surface area contributed by atoms with Crippen LogP contribution in [0.25, 0.3) is 0 Å². The van der Waals surface area contributed by atoms with Crippen molar-refractivity contribution in [1.82, 2.24) is 4.31 Å². The molecule has 2 rings (SSSR count). The molecule has 6 heteroatoms. The third kappa shape index (κ3) is 3.46. The number of nitrogens with zero attached hydrogens (tertiary/aromatic N) is 1. The van der Waals surface area contributed by atoms with Gasteiger partial charge in [-0.15, -0.1) is 6.58 Å². The van der Waals surface area contributed by atoms with E-state index in [1.165, 1.54) is 16.4 Å². The molecule has 1 aromatic rings. The molecular weight excluding hydrogens is 278 g/mol. The Morgan fingerprint density at radius 2 is 1.95 bits per heavy atom. The van der Waals surface area contributed by atoms with E-state index in [0.717, 1.165) is 12.8 Å². The van der Waals surface area contributed by atoms with Crippen molar-refractivity contribution in [1.29, 1.82) is 0 Å². The van der Waals surface area contributed by atoms with E-state index in [-0.39, 0.29) is 17.4 Å². The fraction of sp³-hybridized carbons (Fsp3) is 0.357. The van der Waals surface area contributed by atoms with Crippen molar-refractivity contribution in [3.8, 4) is 0 Å². The van der Waals surface area contributed by atoms with Gasteiger partial charge in [0.2, 0.25) is 10.0 Å². The van der Waals surface area contributed by atoms with Crippen molar-refractivity contribution in [3.63, 3.8) is 0 Å². The molecule has 0 atom stereocenters. The van der Waals surface area contributed by atoms with Gasteiger partial charge in [0.25, 0.3) is 0 Å². The van der Waals surface area contributed by atoms with E-state index < -0.39 is 16.0 Å². The minimum atomic E-state index is -3.39. The number of benzene rings is 1. The highest BCUT2D eigenvalue weighted by atomic mass is 32.2. The lowest BCUT2D eigenvalue weighted by atomic mass is 10.1. The first-order valence-corrected chi connectivity index (χ1v) is 7.97. The van der Waals surface area contributed by atoms with Crippen LogP contribution in [0, 0.1) is 0 Å². The second kappa shape index (κ2) is 5.76. The first-order valence-electron chi connectivity index (χ1n) is 6.36. The van der Waals surface area contributed by atoms with Gasteiger partial charge in [-0.05, 0) is 30.5 Å². The van der Waals surface area contributed by atoms with Gasteiger partial charge < -0.3 is 5.11 Å². The van der Waals surface area contributed by atoms with E-state index in [1.54, 1.807) is 18.2 Å². The topological polar surface area (TPSA) is 74.7 Å². The van der Waals surface area contributed by atoms with Crippen LogP contribution < -0.4 is 0 Å². The zero-order valence-corrected chi connectivity index (χ0v) is 11.8. The molecule has 0 aliphatic heterocycles. The van der Waals surface area contributed by atoms with Crippen molar-refractivity contribution >= 4 is 16.0 Å². The zero-order valence-electron chi connectivity index (χ0n) is 11.0.